The van der Waals surface area contributed by atoms with Gasteiger partial charge in [0.1, 0.15) is 17.3 Å². The van der Waals surface area contributed by atoms with Gasteiger partial charge in [-0.25, -0.2) is 9.97 Å². The molecule has 0 spiro atoms. The smallest absolute Gasteiger partial charge is 0.272 e. The molecule has 0 radical (unpaired) electrons. The first-order valence-corrected chi connectivity index (χ1v) is 9.34. The number of aryl methyl sites for hydroxylation is 3. The molecule has 4 heterocycles. The van der Waals surface area contributed by atoms with Gasteiger partial charge in [0.25, 0.3) is 5.91 Å². The van der Waals surface area contributed by atoms with Gasteiger partial charge in [-0.15, -0.1) is 0 Å². The Balaban J connectivity index is 1.40. The van der Waals surface area contributed by atoms with Crippen LogP contribution in [0.1, 0.15) is 39.9 Å². The lowest BCUT2D eigenvalue weighted by Crippen LogP contribution is -2.29. The molecular weight excluding hydrogens is 356 g/mol. The molecule has 1 aliphatic heterocycles. The number of rotatable bonds is 4. The Morgan fingerprint density at radius 2 is 2.07 bits per heavy atom. The minimum Gasteiger partial charge on any atom is -0.361 e. The summed E-state index contributed by atoms with van der Waals surface area (Å²) in [7, 11) is 0. The zero-order valence-corrected chi connectivity index (χ0v) is 16.2. The Morgan fingerprint density at radius 3 is 2.75 bits per heavy atom. The molecule has 0 aromatic carbocycles. The molecule has 1 atom stereocenters. The van der Waals surface area contributed by atoms with Crippen LogP contribution >= 0.6 is 0 Å². The number of likely N-dealkylation sites (tertiary alicyclic amines) is 1. The Morgan fingerprint density at radius 1 is 1.21 bits per heavy atom. The number of hydrogen-bond acceptors (Lipinski definition) is 7. The Bertz CT molecular complexity index is 979. The van der Waals surface area contributed by atoms with Crippen LogP contribution in [0.3, 0.4) is 0 Å². The van der Waals surface area contributed by atoms with Crippen molar-refractivity contribution in [3.8, 4) is 11.3 Å². The van der Waals surface area contributed by atoms with Crippen molar-refractivity contribution < 1.29 is 9.32 Å². The number of carbonyl (C=O) groups excluding carboxylic acids is 1. The molecule has 0 unspecified atom stereocenters. The molecule has 28 heavy (non-hydrogen) atoms. The van der Waals surface area contributed by atoms with Crippen LogP contribution < -0.4 is 0 Å². The molecule has 0 bridgehead atoms. The average Bonchev–Trinajstić information content (AvgIpc) is 3.28. The zero-order chi connectivity index (χ0) is 19.7. The van der Waals surface area contributed by atoms with Crippen LogP contribution in [0.2, 0.25) is 0 Å². The fourth-order valence-electron chi connectivity index (χ4n) is 3.65. The van der Waals surface area contributed by atoms with E-state index in [0.717, 1.165) is 47.8 Å². The summed E-state index contributed by atoms with van der Waals surface area (Å²) in [6.45, 7) is 6.99. The Kier molecular flexibility index (Phi) is 4.85. The van der Waals surface area contributed by atoms with Gasteiger partial charge in [0.05, 0.1) is 28.8 Å². The normalized spacial score (nSPS) is 16.5. The van der Waals surface area contributed by atoms with Crippen molar-refractivity contribution >= 4 is 5.91 Å². The number of amides is 1. The second-order valence-electron chi connectivity index (χ2n) is 7.19. The van der Waals surface area contributed by atoms with E-state index in [-0.39, 0.29) is 5.91 Å². The van der Waals surface area contributed by atoms with Crippen LogP contribution in [-0.4, -0.2) is 49.0 Å². The van der Waals surface area contributed by atoms with Crippen LogP contribution in [0.4, 0.5) is 0 Å². The third-order valence-corrected chi connectivity index (χ3v) is 5.06. The van der Waals surface area contributed by atoms with Crippen LogP contribution in [0.5, 0.6) is 0 Å². The van der Waals surface area contributed by atoms with E-state index < -0.39 is 0 Å². The summed E-state index contributed by atoms with van der Waals surface area (Å²) in [4.78, 5) is 31.9. The van der Waals surface area contributed by atoms with Crippen molar-refractivity contribution in [2.75, 3.05) is 13.1 Å². The van der Waals surface area contributed by atoms with Gasteiger partial charge in [0, 0.05) is 25.5 Å². The minimum atomic E-state index is -0.0344. The summed E-state index contributed by atoms with van der Waals surface area (Å²) in [5.41, 5.74) is 3.85. The molecule has 0 aliphatic carbocycles. The molecule has 3 aromatic rings. The molecule has 144 valence electrons. The van der Waals surface area contributed by atoms with Crippen molar-refractivity contribution in [3.05, 3.63) is 53.3 Å². The van der Waals surface area contributed by atoms with E-state index in [1.54, 1.807) is 31.6 Å². The maximum atomic E-state index is 12.6. The first kappa shape index (κ1) is 18.2. The lowest BCUT2D eigenvalue weighted by Gasteiger charge is -2.16. The van der Waals surface area contributed by atoms with E-state index in [1.165, 1.54) is 0 Å². The maximum absolute atomic E-state index is 12.6. The SMILES string of the molecule is Cc1nccc(C(=O)N2CC[C@@H](Cc3cnc(-c4c(C)noc4C)cn3)C2)n1. The highest BCUT2D eigenvalue weighted by Crippen LogP contribution is 2.25. The van der Waals surface area contributed by atoms with Gasteiger partial charge >= 0.3 is 0 Å². The molecular formula is C20H22N6O2. The third kappa shape index (κ3) is 3.62. The molecule has 3 aromatic heterocycles. The highest BCUT2D eigenvalue weighted by molar-refractivity contribution is 5.92. The van der Waals surface area contributed by atoms with E-state index in [2.05, 4.69) is 25.1 Å². The summed E-state index contributed by atoms with van der Waals surface area (Å²) in [5.74, 6) is 1.68. The highest BCUT2D eigenvalue weighted by Gasteiger charge is 2.28. The van der Waals surface area contributed by atoms with E-state index in [4.69, 9.17) is 4.52 Å². The standard InChI is InChI=1S/C20H22N6O2/c1-12-19(13(2)28-25-12)18-10-22-16(9-23-18)8-15-5-7-26(11-15)20(27)17-4-6-21-14(3)24-17/h4,6,9-10,15H,5,7-8,11H2,1-3H3/t15-/m0/s1. The number of aromatic nitrogens is 5. The second kappa shape index (κ2) is 7.46. The number of nitrogens with zero attached hydrogens (tertiary/aromatic N) is 6. The third-order valence-electron chi connectivity index (χ3n) is 5.06. The molecule has 8 nitrogen and oxygen atoms in total. The molecule has 0 saturated carbocycles. The lowest BCUT2D eigenvalue weighted by molar-refractivity contribution is 0.0780. The first-order chi connectivity index (χ1) is 13.5. The maximum Gasteiger partial charge on any atom is 0.272 e. The van der Waals surface area contributed by atoms with Crippen LogP contribution in [0, 0.1) is 26.7 Å². The largest absolute Gasteiger partial charge is 0.361 e. The monoisotopic (exact) mass is 378 g/mol. The molecule has 1 aliphatic rings. The molecule has 8 heteroatoms. The zero-order valence-electron chi connectivity index (χ0n) is 16.2. The number of hydrogen-bond donors (Lipinski definition) is 0. The first-order valence-electron chi connectivity index (χ1n) is 9.34. The van der Waals surface area contributed by atoms with Crippen LogP contribution in [0.25, 0.3) is 11.3 Å². The quantitative estimate of drug-likeness (QED) is 0.688. The van der Waals surface area contributed by atoms with Crippen molar-refractivity contribution in [1.82, 2.24) is 30.0 Å². The van der Waals surface area contributed by atoms with Crippen LogP contribution in [-0.2, 0) is 6.42 Å². The molecule has 1 amide bonds. The van der Waals surface area contributed by atoms with Gasteiger partial charge in [-0.3, -0.25) is 14.8 Å². The summed E-state index contributed by atoms with van der Waals surface area (Å²) in [6.07, 6.45) is 6.94. The summed E-state index contributed by atoms with van der Waals surface area (Å²) in [5, 5.41) is 3.96. The van der Waals surface area contributed by atoms with Gasteiger partial charge in [0.2, 0.25) is 0 Å². The highest BCUT2D eigenvalue weighted by atomic mass is 16.5. The molecule has 4 rings (SSSR count). The predicted molar refractivity (Wildman–Crippen MR) is 101 cm³/mol. The van der Waals surface area contributed by atoms with Crippen molar-refractivity contribution in [1.29, 1.82) is 0 Å². The Labute approximate surface area is 163 Å². The van der Waals surface area contributed by atoms with Crippen molar-refractivity contribution in [2.24, 2.45) is 5.92 Å². The molecule has 1 fully saturated rings. The van der Waals surface area contributed by atoms with Gasteiger partial charge in [-0.05, 0) is 45.6 Å². The fourth-order valence-corrected chi connectivity index (χ4v) is 3.65. The van der Waals surface area contributed by atoms with E-state index in [0.29, 0.717) is 24.0 Å². The van der Waals surface area contributed by atoms with E-state index in [1.807, 2.05) is 18.7 Å². The summed E-state index contributed by atoms with van der Waals surface area (Å²) >= 11 is 0. The Hall–Kier alpha value is -3.16. The van der Waals surface area contributed by atoms with Gasteiger partial charge in [-0.1, -0.05) is 5.16 Å². The number of carbonyl (C=O) groups is 1. The van der Waals surface area contributed by atoms with E-state index in [9.17, 15) is 4.79 Å². The predicted octanol–water partition coefficient (Wildman–Crippen LogP) is 2.55. The summed E-state index contributed by atoms with van der Waals surface area (Å²) in [6, 6.07) is 1.67. The van der Waals surface area contributed by atoms with Gasteiger partial charge < -0.3 is 9.42 Å². The van der Waals surface area contributed by atoms with Crippen molar-refractivity contribution in [2.45, 2.75) is 33.6 Å². The second-order valence-corrected chi connectivity index (χ2v) is 7.19. The van der Waals surface area contributed by atoms with Crippen molar-refractivity contribution in [3.63, 3.8) is 0 Å². The van der Waals surface area contributed by atoms with E-state index >= 15 is 0 Å². The van der Waals surface area contributed by atoms with Crippen LogP contribution in [0.15, 0.2) is 29.2 Å². The average molecular weight is 378 g/mol. The topological polar surface area (TPSA) is 97.9 Å². The van der Waals surface area contributed by atoms with Gasteiger partial charge in [0.15, 0.2) is 0 Å². The fraction of sp³-hybridized carbons (Fsp3) is 0.400. The van der Waals surface area contributed by atoms with Gasteiger partial charge in [-0.2, -0.15) is 0 Å². The molecule has 0 N–H and O–H groups in total. The summed E-state index contributed by atoms with van der Waals surface area (Å²) < 4.78 is 5.20. The lowest BCUT2D eigenvalue weighted by atomic mass is 10.0. The minimum absolute atomic E-state index is 0.0344. The molecule has 1 saturated heterocycles.